The number of hydrogen-bond acceptors (Lipinski definition) is 4. The molecule has 0 aromatic heterocycles. The molecule has 1 unspecified atom stereocenters. The van der Waals surface area contributed by atoms with Gasteiger partial charge in [0, 0.05) is 18.0 Å². The molecular weight excluding hydrogens is 194 g/mol. The summed E-state index contributed by atoms with van der Waals surface area (Å²) in [6.45, 7) is 10.1. The van der Waals surface area contributed by atoms with E-state index in [4.69, 9.17) is 4.74 Å². The standard InChI is InChI=1S/C11H23NO3/c1-6-10(15-8-13)7-11(4,5)12(14)9(2)3/h8-10,14H,6-7H2,1-5H3. The highest BCUT2D eigenvalue weighted by atomic mass is 16.5. The Morgan fingerprint density at radius 1 is 1.47 bits per heavy atom. The second-order valence-corrected chi connectivity index (χ2v) is 4.72. The van der Waals surface area contributed by atoms with E-state index in [9.17, 15) is 10.0 Å². The molecule has 0 radical (unpaired) electrons. The van der Waals surface area contributed by atoms with E-state index in [1.54, 1.807) is 0 Å². The highest BCUT2D eigenvalue weighted by Crippen LogP contribution is 2.23. The lowest BCUT2D eigenvalue weighted by Crippen LogP contribution is -2.47. The van der Waals surface area contributed by atoms with Crippen LogP contribution in [0.25, 0.3) is 0 Å². The van der Waals surface area contributed by atoms with Crippen LogP contribution in [0.3, 0.4) is 0 Å². The number of carbonyl (C=O) groups excluding carboxylic acids is 1. The molecule has 0 fully saturated rings. The van der Waals surface area contributed by atoms with Crippen LogP contribution in [-0.4, -0.2) is 34.4 Å². The van der Waals surface area contributed by atoms with Gasteiger partial charge in [0.1, 0.15) is 6.10 Å². The molecule has 1 N–H and O–H groups in total. The predicted molar refractivity (Wildman–Crippen MR) is 58.7 cm³/mol. The third-order valence-corrected chi connectivity index (χ3v) is 2.54. The van der Waals surface area contributed by atoms with Crippen molar-refractivity contribution < 1.29 is 14.7 Å². The van der Waals surface area contributed by atoms with Gasteiger partial charge in [-0.05, 0) is 34.1 Å². The summed E-state index contributed by atoms with van der Waals surface area (Å²) in [6, 6.07) is 0.0498. The Balaban J connectivity index is 4.38. The molecule has 0 aliphatic rings. The first-order chi connectivity index (χ1) is 6.85. The molecule has 0 bridgehead atoms. The highest BCUT2D eigenvalue weighted by Gasteiger charge is 2.30. The molecule has 1 atom stereocenters. The first kappa shape index (κ1) is 14.4. The average molecular weight is 217 g/mol. The van der Waals surface area contributed by atoms with Crippen LogP contribution < -0.4 is 0 Å². The summed E-state index contributed by atoms with van der Waals surface area (Å²) in [6.07, 6.45) is 1.25. The van der Waals surface area contributed by atoms with Gasteiger partial charge in [-0.15, -0.1) is 0 Å². The van der Waals surface area contributed by atoms with Crippen molar-refractivity contribution in [3.8, 4) is 0 Å². The third kappa shape index (κ3) is 4.62. The van der Waals surface area contributed by atoms with Crippen LogP contribution in [0.15, 0.2) is 0 Å². The van der Waals surface area contributed by atoms with Gasteiger partial charge in [-0.2, -0.15) is 5.06 Å². The zero-order valence-electron chi connectivity index (χ0n) is 10.4. The Bertz CT molecular complexity index is 192. The summed E-state index contributed by atoms with van der Waals surface area (Å²) in [5, 5.41) is 11.2. The molecule has 0 saturated heterocycles. The predicted octanol–water partition coefficient (Wildman–Crippen LogP) is 2.21. The number of rotatable bonds is 7. The monoisotopic (exact) mass is 217 g/mol. The van der Waals surface area contributed by atoms with E-state index in [-0.39, 0.29) is 12.1 Å². The Hall–Kier alpha value is -0.610. The average Bonchev–Trinajstić information content (AvgIpc) is 2.15. The lowest BCUT2D eigenvalue weighted by atomic mass is 9.94. The largest absolute Gasteiger partial charge is 0.465 e. The summed E-state index contributed by atoms with van der Waals surface area (Å²) >= 11 is 0. The van der Waals surface area contributed by atoms with E-state index in [0.717, 1.165) is 6.42 Å². The summed E-state index contributed by atoms with van der Waals surface area (Å²) in [5.74, 6) is 0. The van der Waals surface area contributed by atoms with Gasteiger partial charge in [0.15, 0.2) is 0 Å². The first-order valence-electron chi connectivity index (χ1n) is 5.42. The van der Waals surface area contributed by atoms with Crippen LogP contribution in [0.1, 0.15) is 47.5 Å². The molecule has 0 amide bonds. The molecule has 0 rings (SSSR count). The minimum atomic E-state index is -0.391. The minimum absolute atomic E-state index is 0.0498. The maximum atomic E-state index is 10.3. The summed E-state index contributed by atoms with van der Waals surface area (Å²) in [5.41, 5.74) is -0.391. The van der Waals surface area contributed by atoms with Crippen LogP contribution in [0.4, 0.5) is 0 Å². The van der Waals surface area contributed by atoms with Crippen molar-refractivity contribution in [3.63, 3.8) is 0 Å². The topological polar surface area (TPSA) is 49.8 Å². The fraction of sp³-hybridized carbons (Fsp3) is 0.909. The van der Waals surface area contributed by atoms with E-state index in [1.165, 1.54) is 5.06 Å². The van der Waals surface area contributed by atoms with Crippen molar-refractivity contribution >= 4 is 6.47 Å². The smallest absolute Gasteiger partial charge is 0.293 e. The number of ether oxygens (including phenoxy) is 1. The molecule has 15 heavy (non-hydrogen) atoms. The van der Waals surface area contributed by atoms with Gasteiger partial charge in [0.05, 0.1) is 0 Å². The maximum Gasteiger partial charge on any atom is 0.293 e. The van der Waals surface area contributed by atoms with Gasteiger partial charge >= 0.3 is 0 Å². The molecule has 0 aliphatic carbocycles. The van der Waals surface area contributed by atoms with Crippen LogP contribution in [-0.2, 0) is 9.53 Å². The van der Waals surface area contributed by atoms with Crippen molar-refractivity contribution in [2.75, 3.05) is 0 Å². The highest BCUT2D eigenvalue weighted by molar-refractivity contribution is 5.37. The molecule has 0 aliphatic heterocycles. The zero-order valence-corrected chi connectivity index (χ0v) is 10.4. The van der Waals surface area contributed by atoms with E-state index in [2.05, 4.69) is 0 Å². The van der Waals surface area contributed by atoms with E-state index in [1.807, 2.05) is 34.6 Å². The lowest BCUT2D eigenvalue weighted by molar-refractivity contribution is -0.194. The Kier molecular flexibility index (Phi) is 5.83. The Labute approximate surface area is 92.2 Å². The van der Waals surface area contributed by atoms with Crippen molar-refractivity contribution in [3.05, 3.63) is 0 Å². The summed E-state index contributed by atoms with van der Waals surface area (Å²) in [4.78, 5) is 10.3. The van der Waals surface area contributed by atoms with Gasteiger partial charge in [0.2, 0.25) is 0 Å². The Morgan fingerprint density at radius 3 is 2.33 bits per heavy atom. The maximum absolute atomic E-state index is 10.3. The lowest BCUT2D eigenvalue weighted by Gasteiger charge is -2.38. The fourth-order valence-corrected chi connectivity index (χ4v) is 1.72. The van der Waals surface area contributed by atoms with Crippen LogP contribution in [0, 0.1) is 0 Å². The van der Waals surface area contributed by atoms with Crippen LogP contribution >= 0.6 is 0 Å². The van der Waals surface area contributed by atoms with E-state index >= 15 is 0 Å². The minimum Gasteiger partial charge on any atom is -0.465 e. The summed E-state index contributed by atoms with van der Waals surface area (Å²) in [7, 11) is 0. The molecule has 0 saturated carbocycles. The van der Waals surface area contributed by atoms with E-state index in [0.29, 0.717) is 12.9 Å². The second kappa shape index (κ2) is 6.08. The molecule has 4 heteroatoms. The number of carbonyl (C=O) groups is 1. The van der Waals surface area contributed by atoms with E-state index < -0.39 is 5.54 Å². The number of nitrogens with zero attached hydrogens (tertiary/aromatic N) is 1. The number of hydrogen-bond donors (Lipinski definition) is 1. The summed E-state index contributed by atoms with van der Waals surface area (Å²) < 4.78 is 4.94. The quantitative estimate of drug-likeness (QED) is 0.524. The normalized spacial score (nSPS) is 14.4. The molecule has 0 aromatic carbocycles. The molecule has 0 heterocycles. The molecule has 0 aromatic rings. The molecule has 4 nitrogen and oxygen atoms in total. The van der Waals surface area contributed by atoms with Gasteiger partial charge in [-0.25, -0.2) is 0 Å². The zero-order chi connectivity index (χ0) is 12.1. The van der Waals surface area contributed by atoms with Gasteiger partial charge < -0.3 is 9.94 Å². The van der Waals surface area contributed by atoms with Crippen molar-refractivity contribution in [1.82, 2.24) is 5.06 Å². The van der Waals surface area contributed by atoms with Gasteiger partial charge in [-0.3, -0.25) is 4.79 Å². The first-order valence-corrected chi connectivity index (χ1v) is 5.42. The molecule has 0 spiro atoms. The molecule has 90 valence electrons. The SMILES string of the molecule is CCC(CC(C)(C)N(O)C(C)C)OC=O. The number of hydroxylamine groups is 2. The van der Waals surface area contributed by atoms with Crippen LogP contribution in [0.5, 0.6) is 0 Å². The van der Waals surface area contributed by atoms with Crippen molar-refractivity contribution in [2.24, 2.45) is 0 Å². The fourth-order valence-electron chi connectivity index (χ4n) is 1.72. The van der Waals surface area contributed by atoms with Crippen molar-refractivity contribution in [2.45, 2.75) is 65.1 Å². The molecular formula is C11H23NO3. The second-order valence-electron chi connectivity index (χ2n) is 4.72. The van der Waals surface area contributed by atoms with Crippen molar-refractivity contribution in [1.29, 1.82) is 0 Å². The van der Waals surface area contributed by atoms with Crippen LogP contribution in [0.2, 0.25) is 0 Å². The Morgan fingerprint density at radius 2 is 2.00 bits per heavy atom. The van der Waals surface area contributed by atoms with Gasteiger partial charge in [-0.1, -0.05) is 6.92 Å². The van der Waals surface area contributed by atoms with Gasteiger partial charge in [0.25, 0.3) is 6.47 Å². The third-order valence-electron chi connectivity index (χ3n) is 2.54.